The number of nitrogens with zero attached hydrogens (tertiary/aromatic N) is 3. The van der Waals surface area contributed by atoms with E-state index in [4.69, 9.17) is 0 Å². The van der Waals surface area contributed by atoms with Crippen LogP contribution in [0.4, 0.5) is 11.5 Å². The average molecular weight is 349 g/mol. The van der Waals surface area contributed by atoms with E-state index in [1.165, 1.54) is 6.20 Å². The quantitative estimate of drug-likeness (QED) is 0.900. The zero-order valence-corrected chi connectivity index (χ0v) is 13.6. The Morgan fingerprint density at radius 2 is 1.81 bits per heavy atom. The van der Waals surface area contributed by atoms with Gasteiger partial charge in [0, 0.05) is 23.2 Å². The van der Waals surface area contributed by atoms with Crippen LogP contribution >= 0.6 is 15.9 Å². The lowest BCUT2D eigenvalue weighted by Gasteiger charge is -2.18. The first kappa shape index (κ1) is 15.4. The molecule has 0 aliphatic heterocycles. The normalized spacial score (nSPS) is 10.2. The molecule has 0 radical (unpaired) electrons. The van der Waals surface area contributed by atoms with Gasteiger partial charge in [-0.2, -0.15) is 0 Å². The van der Waals surface area contributed by atoms with Crippen LogP contribution in [0, 0.1) is 0 Å². The molecule has 0 aliphatic rings. The second-order valence-electron chi connectivity index (χ2n) is 4.39. The number of halogens is 1. The van der Waals surface area contributed by atoms with Crippen molar-refractivity contribution in [1.82, 2.24) is 9.97 Å². The molecule has 0 atom stereocenters. The summed E-state index contributed by atoms with van der Waals surface area (Å²) in [7, 11) is 0. The Morgan fingerprint density at radius 3 is 2.33 bits per heavy atom. The second kappa shape index (κ2) is 7.17. The number of rotatable bonds is 5. The maximum Gasteiger partial charge on any atom is 0.275 e. The Kier molecular flexibility index (Phi) is 5.27. The summed E-state index contributed by atoms with van der Waals surface area (Å²) in [6, 6.07) is 7.37. The summed E-state index contributed by atoms with van der Waals surface area (Å²) in [6.45, 7) is 5.82. The molecule has 2 rings (SSSR count). The molecule has 0 saturated heterocycles. The molecule has 1 amide bonds. The molecule has 0 unspecified atom stereocenters. The molecule has 1 heterocycles. The maximum absolute atomic E-state index is 12.1. The minimum Gasteiger partial charge on any atom is -0.356 e. The van der Waals surface area contributed by atoms with Gasteiger partial charge in [-0.3, -0.25) is 4.79 Å². The lowest BCUT2D eigenvalue weighted by molar-refractivity contribution is 0.102. The molecular weight excluding hydrogens is 332 g/mol. The number of benzene rings is 1. The van der Waals surface area contributed by atoms with Crippen LogP contribution in [0.1, 0.15) is 24.3 Å². The molecule has 1 aromatic heterocycles. The zero-order valence-electron chi connectivity index (χ0n) is 12.0. The number of hydrogen-bond donors (Lipinski definition) is 1. The van der Waals surface area contributed by atoms with Gasteiger partial charge in [-0.15, -0.1) is 0 Å². The van der Waals surface area contributed by atoms with E-state index >= 15 is 0 Å². The molecule has 110 valence electrons. The van der Waals surface area contributed by atoms with Gasteiger partial charge in [-0.05, 0) is 38.1 Å². The first-order valence-electron chi connectivity index (χ1n) is 6.78. The fourth-order valence-corrected chi connectivity index (χ4v) is 2.14. The van der Waals surface area contributed by atoms with Gasteiger partial charge in [0.15, 0.2) is 0 Å². The van der Waals surface area contributed by atoms with Crippen molar-refractivity contribution in [3.05, 3.63) is 46.8 Å². The fraction of sp³-hybridized carbons (Fsp3) is 0.267. The van der Waals surface area contributed by atoms with Crippen LogP contribution in [0.5, 0.6) is 0 Å². The predicted molar refractivity (Wildman–Crippen MR) is 87.7 cm³/mol. The summed E-state index contributed by atoms with van der Waals surface area (Å²) in [4.78, 5) is 22.6. The van der Waals surface area contributed by atoms with E-state index in [0.717, 1.165) is 29.1 Å². The van der Waals surface area contributed by atoms with Gasteiger partial charge in [-0.1, -0.05) is 15.9 Å². The van der Waals surface area contributed by atoms with E-state index in [2.05, 4.69) is 50.0 Å². The Labute approximate surface area is 132 Å². The van der Waals surface area contributed by atoms with Crippen LogP contribution in [0.25, 0.3) is 0 Å². The van der Waals surface area contributed by atoms with Crippen LogP contribution < -0.4 is 10.2 Å². The minimum absolute atomic E-state index is 0.268. The van der Waals surface area contributed by atoms with Gasteiger partial charge in [0.1, 0.15) is 11.5 Å². The summed E-state index contributed by atoms with van der Waals surface area (Å²) in [5.74, 6) is 0.510. The summed E-state index contributed by atoms with van der Waals surface area (Å²) >= 11 is 3.35. The van der Waals surface area contributed by atoms with Crippen molar-refractivity contribution in [2.24, 2.45) is 0 Å². The topological polar surface area (TPSA) is 58.1 Å². The molecule has 5 nitrogen and oxygen atoms in total. The van der Waals surface area contributed by atoms with Crippen LogP contribution in [0.15, 0.2) is 41.1 Å². The van der Waals surface area contributed by atoms with Crippen molar-refractivity contribution >= 4 is 33.3 Å². The van der Waals surface area contributed by atoms with Gasteiger partial charge in [0.05, 0.1) is 12.4 Å². The first-order valence-corrected chi connectivity index (χ1v) is 7.57. The van der Waals surface area contributed by atoms with E-state index < -0.39 is 0 Å². The number of hydrogen-bond acceptors (Lipinski definition) is 4. The standard InChI is InChI=1S/C15H17BrN4O/c1-3-20(4-2)14-10-17-13(9-18-14)15(21)19-12-7-5-11(16)6-8-12/h5-10H,3-4H2,1-2H3,(H,19,21). The Morgan fingerprint density at radius 1 is 1.14 bits per heavy atom. The molecular formula is C15H17BrN4O. The van der Waals surface area contributed by atoms with Crippen LogP contribution in [0.3, 0.4) is 0 Å². The highest BCUT2D eigenvalue weighted by Crippen LogP contribution is 2.15. The third-order valence-electron chi connectivity index (χ3n) is 3.06. The smallest absolute Gasteiger partial charge is 0.275 e. The van der Waals surface area contributed by atoms with Gasteiger partial charge in [0.25, 0.3) is 5.91 Å². The van der Waals surface area contributed by atoms with Crippen LogP contribution in [-0.2, 0) is 0 Å². The van der Waals surface area contributed by atoms with E-state index in [0.29, 0.717) is 5.69 Å². The SMILES string of the molecule is CCN(CC)c1cnc(C(=O)Nc2ccc(Br)cc2)cn1. The molecule has 1 aromatic carbocycles. The largest absolute Gasteiger partial charge is 0.356 e. The summed E-state index contributed by atoms with van der Waals surface area (Å²) < 4.78 is 0.962. The number of aromatic nitrogens is 2. The van der Waals surface area contributed by atoms with Crippen molar-refractivity contribution in [2.75, 3.05) is 23.3 Å². The average Bonchev–Trinajstić information content (AvgIpc) is 2.51. The predicted octanol–water partition coefficient (Wildman–Crippen LogP) is 3.34. The number of nitrogens with one attached hydrogen (secondary N) is 1. The molecule has 6 heteroatoms. The fourth-order valence-electron chi connectivity index (χ4n) is 1.88. The molecule has 0 saturated carbocycles. The van der Waals surface area contributed by atoms with Crippen molar-refractivity contribution in [1.29, 1.82) is 0 Å². The summed E-state index contributed by atoms with van der Waals surface area (Å²) in [6.07, 6.45) is 3.13. The zero-order chi connectivity index (χ0) is 15.2. The van der Waals surface area contributed by atoms with Crippen LogP contribution in [-0.4, -0.2) is 29.0 Å². The Balaban J connectivity index is 2.07. The lowest BCUT2D eigenvalue weighted by atomic mass is 10.3. The van der Waals surface area contributed by atoms with Gasteiger partial charge in [-0.25, -0.2) is 9.97 Å². The van der Waals surface area contributed by atoms with Crippen LogP contribution in [0.2, 0.25) is 0 Å². The molecule has 0 spiro atoms. The molecule has 21 heavy (non-hydrogen) atoms. The van der Waals surface area contributed by atoms with E-state index in [-0.39, 0.29) is 5.91 Å². The van der Waals surface area contributed by atoms with Gasteiger partial charge >= 0.3 is 0 Å². The number of anilines is 2. The van der Waals surface area contributed by atoms with Gasteiger partial charge in [0.2, 0.25) is 0 Å². The Bertz CT molecular complexity index is 594. The molecule has 0 fully saturated rings. The third-order valence-corrected chi connectivity index (χ3v) is 3.59. The number of amides is 1. The van der Waals surface area contributed by atoms with Crippen molar-refractivity contribution in [2.45, 2.75) is 13.8 Å². The minimum atomic E-state index is -0.268. The third kappa shape index (κ3) is 4.01. The number of carbonyl (C=O) groups excluding carboxylic acids is 1. The van der Waals surface area contributed by atoms with E-state index in [1.807, 2.05) is 24.3 Å². The van der Waals surface area contributed by atoms with Crippen molar-refractivity contribution < 1.29 is 4.79 Å². The lowest BCUT2D eigenvalue weighted by Crippen LogP contribution is -2.23. The maximum atomic E-state index is 12.1. The number of carbonyl (C=O) groups is 1. The molecule has 0 aliphatic carbocycles. The molecule has 2 aromatic rings. The monoisotopic (exact) mass is 348 g/mol. The first-order chi connectivity index (χ1) is 10.1. The van der Waals surface area contributed by atoms with E-state index in [1.54, 1.807) is 6.20 Å². The summed E-state index contributed by atoms with van der Waals surface area (Å²) in [5, 5.41) is 2.79. The second-order valence-corrected chi connectivity index (χ2v) is 5.31. The van der Waals surface area contributed by atoms with E-state index in [9.17, 15) is 4.79 Å². The summed E-state index contributed by atoms with van der Waals surface area (Å²) in [5.41, 5.74) is 1.02. The Hall–Kier alpha value is -1.95. The van der Waals surface area contributed by atoms with Crippen molar-refractivity contribution in [3.8, 4) is 0 Å². The highest BCUT2D eigenvalue weighted by atomic mass is 79.9. The molecule has 1 N–H and O–H groups in total. The van der Waals surface area contributed by atoms with Crippen molar-refractivity contribution in [3.63, 3.8) is 0 Å². The highest BCUT2D eigenvalue weighted by Gasteiger charge is 2.10. The molecule has 0 bridgehead atoms. The van der Waals surface area contributed by atoms with Gasteiger partial charge < -0.3 is 10.2 Å². The highest BCUT2D eigenvalue weighted by molar-refractivity contribution is 9.10.